The number of aryl methyl sites for hydroxylation is 1. The number of hydrazine groups is 1. The van der Waals surface area contributed by atoms with E-state index in [1.807, 2.05) is 24.0 Å². The molecule has 4 amide bonds. The van der Waals surface area contributed by atoms with Crippen LogP contribution in [0, 0.1) is 6.92 Å². The smallest absolute Gasteiger partial charge is 0.319 e. The maximum Gasteiger partial charge on any atom is 0.319 e. The Labute approximate surface area is 171 Å². The molecule has 4 N–H and O–H groups in total. The summed E-state index contributed by atoms with van der Waals surface area (Å²) in [7, 11) is 0. The highest BCUT2D eigenvalue weighted by Gasteiger charge is 2.17. The number of aromatic nitrogens is 1. The number of benzene rings is 1. The van der Waals surface area contributed by atoms with Crippen molar-refractivity contribution in [1.29, 1.82) is 0 Å². The van der Waals surface area contributed by atoms with Crippen molar-refractivity contribution in [2.45, 2.75) is 6.92 Å². The minimum atomic E-state index is -0.568. The van der Waals surface area contributed by atoms with Crippen LogP contribution in [0.5, 0.6) is 0 Å². The van der Waals surface area contributed by atoms with Crippen LogP contribution in [0.4, 0.5) is 15.6 Å². The molecule has 2 aromatic rings. The monoisotopic (exact) mass is 418 g/mol. The Hall–Kier alpha value is -3.18. The van der Waals surface area contributed by atoms with Gasteiger partial charge in [-0.2, -0.15) is 0 Å². The molecule has 1 aromatic carbocycles. The molecule has 11 heteroatoms. The molecule has 3 rings (SSSR count). The summed E-state index contributed by atoms with van der Waals surface area (Å²) in [6, 6.07) is 6.75. The van der Waals surface area contributed by atoms with Crippen LogP contribution in [0.25, 0.3) is 0 Å². The Morgan fingerprint density at radius 1 is 1.21 bits per heavy atom. The Balaban J connectivity index is 1.39. The van der Waals surface area contributed by atoms with E-state index in [1.165, 1.54) is 11.3 Å². The Kier molecular flexibility index (Phi) is 6.98. The molecule has 10 nitrogen and oxygen atoms in total. The van der Waals surface area contributed by atoms with E-state index in [9.17, 15) is 14.4 Å². The molecule has 1 saturated heterocycles. The van der Waals surface area contributed by atoms with Crippen molar-refractivity contribution in [3.63, 3.8) is 0 Å². The molecule has 1 aliphatic rings. The molecular formula is C18H22N6O4S. The summed E-state index contributed by atoms with van der Waals surface area (Å²) in [4.78, 5) is 42.1. The van der Waals surface area contributed by atoms with Crippen LogP contribution in [-0.4, -0.2) is 55.7 Å². The lowest BCUT2D eigenvalue weighted by molar-refractivity contribution is -0.120. The summed E-state index contributed by atoms with van der Waals surface area (Å²) in [5.41, 5.74) is 6.37. The standard InChI is InChI=1S/C18H22N6O4S/c1-12-3-2-4-13(9-12)20-17(27)19-10-15(25)22-23-16(26)14-11-29-18(21-14)24-5-7-28-8-6-24/h2-4,9,11H,5-8,10H2,1H3,(H,22,25)(H,23,26)(H2,19,20,27). The zero-order valence-corrected chi connectivity index (χ0v) is 16.7. The van der Waals surface area contributed by atoms with Gasteiger partial charge in [0.2, 0.25) is 0 Å². The van der Waals surface area contributed by atoms with Crippen LogP contribution in [0.2, 0.25) is 0 Å². The SMILES string of the molecule is Cc1cccc(NC(=O)NCC(=O)NNC(=O)c2csc(N3CCOCC3)n2)c1. The first-order valence-electron chi connectivity index (χ1n) is 9.00. The van der Waals surface area contributed by atoms with Crippen molar-refractivity contribution in [1.82, 2.24) is 21.2 Å². The maximum absolute atomic E-state index is 12.1. The lowest BCUT2D eigenvalue weighted by Gasteiger charge is -2.25. The molecule has 0 bridgehead atoms. The normalized spacial score (nSPS) is 13.5. The van der Waals surface area contributed by atoms with Crippen LogP contribution in [0.1, 0.15) is 16.1 Å². The van der Waals surface area contributed by atoms with E-state index < -0.39 is 17.8 Å². The number of amides is 4. The summed E-state index contributed by atoms with van der Waals surface area (Å²) >= 11 is 1.36. The summed E-state index contributed by atoms with van der Waals surface area (Å²) in [6.07, 6.45) is 0. The van der Waals surface area contributed by atoms with Crippen LogP contribution in [0.3, 0.4) is 0 Å². The van der Waals surface area contributed by atoms with E-state index in [2.05, 4.69) is 26.5 Å². The average molecular weight is 418 g/mol. The number of morpholine rings is 1. The minimum Gasteiger partial charge on any atom is -0.378 e. The predicted octanol–water partition coefficient (Wildman–Crippen LogP) is 0.871. The molecule has 1 aliphatic heterocycles. The van der Waals surface area contributed by atoms with E-state index in [0.29, 0.717) is 18.9 Å². The third-order valence-corrected chi connectivity index (χ3v) is 4.91. The average Bonchev–Trinajstić information content (AvgIpc) is 3.21. The van der Waals surface area contributed by atoms with E-state index in [1.54, 1.807) is 17.5 Å². The van der Waals surface area contributed by atoms with Crippen LogP contribution < -0.4 is 26.4 Å². The minimum absolute atomic E-state index is 0.210. The third-order valence-electron chi connectivity index (χ3n) is 4.01. The Bertz CT molecular complexity index is 881. The van der Waals surface area contributed by atoms with Gasteiger partial charge in [-0.3, -0.25) is 20.4 Å². The van der Waals surface area contributed by atoms with E-state index in [-0.39, 0.29) is 12.2 Å². The third kappa shape index (κ3) is 6.16. The zero-order chi connectivity index (χ0) is 20.6. The lowest BCUT2D eigenvalue weighted by Crippen LogP contribution is -2.47. The number of nitrogens with zero attached hydrogens (tertiary/aromatic N) is 2. The number of ether oxygens (including phenoxy) is 1. The second kappa shape index (κ2) is 9.85. The first kappa shape index (κ1) is 20.6. The second-order valence-electron chi connectivity index (χ2n) is 6.29. The topological polar surface area (TPSA) is 125 Å². The van der Waals surface area contributed by atoms with Gasteiger partial charge in [0.25, 0.3) is 11.8 Å². The molecule has 154 valence electrons. The number of carbonyl (C=O) groups excluding carboxylic acids is 3. The van der Waals surface area contributed by atoms with Gasteiger partial charge >= 0.3 is 6.03 Å². The highest BCUT2D eigenvalue weighted by atomic mass is 32.1. The van der Waals surface area contributed by atoms with Crippen LogP contribution >= 0.6 is 11.3 Å². The summed E-state index contributed by atoms with van der Waals surface area (Å²) < 4.78 is 5.29. The number of thiazole rings is 1. The van der Waals surface area contributed by atoms with Gasteiger partial charge in [0, 0.05) is 24.2 Å². The predicted molar refractivity (Wildman–Crippen MR) is 109 cm³/mol. The fourth-order valence-corrected chi connectivity index (χ4v) is 3.42. The fraction of sp³-hybridized carbons (Fsp3) is 0.333. The van der Waals surface area contributed by atoms with Gasteiger partial charge in [-0.25, -0.2) is 9.78 Å². The van der Waals surface area contributed by atoms with Gasteiger partial charge in [0.05, 0.1) is 13.2 Å². The molecule has 29 heavy (non-hydrogen) atoms. The van der Waals surface area contributed by atoms with Gasteiger partial charge in [0.1, 0.15) is 12.2 Å². The van der Waals surface area contributed by atoms with Crippen molar-refractivity contribution < 1.29 is 19.1 Å². The molecule has 0 unspecified atom stereocenters. The van der Waals surface area contributed by atoms with Gasteiger partial charge in [-0.15, -0.1) is 11.3 Å². The van der Waals surface area contributed by atoms with Crippen LogP contribution in [-0.2, 0) is 9.53 Å². The number of nitrogens with one attached hydrogen (secondary N) is 4. The molecule has 1 aromatic heterocycles. The van der Waals surface area contributed by atoms with Crippen molar-refractivity contribution in [3.8, 4) is 0 Å². The molecule has 0 saturated carbocycles. The van der Waals surface area contributed by atoms with Crippen LogP contribution in [0.15, 0.2) is 29.6 Å². The summed E-state index contributed by atoms with van der Waals surface area (Å²) in [6.45, 7) is 4.31. The number of hydrogen-bond acceptors (Lipinski definition) is 7. The highest BCUT2D eigenvalue weighted by Crippen LogP contribution is 2.21. The van der Waals surface area contributed by atoms with Crippen molar-refractivity contribution in [2.24, 2.45) is 0 Å². The van der Waals surface area contributed by atoms with Crippen molar-refractivity contribution >= 4 is 40.0 Å². The number of hydrogen-bond donors (Lipinski definition) is 4. The van der Waals surface area contributed by atoms with E-state index >= 15 is 0 Å². The van der Waals surface area contributed by atoms with E-state index in [4.69, 9.17) is 4.74 Å². The van der Waals surface area contributed by atoms with Crippen molar-refractivity contribution in [2.75, 3.05) is 43.1 Å². The maximum atomic E-state index is 12.1. The van der Waals surface area contributed by atoms with Gasteiger partial charge in [0.15, 0.2) is 5.13 Å². The molecule has 1 fully saturated rings. The molecular weight excluding hydrogens is 396 g/mol. The highest BCUT2D eigenvalue weighted by molar-refractivity contribution is 7.13. The molecule has 0 spiro atoms. The van der Waals surface area contributed by atoms with Crippen molar-refractivity contribution in [3.05, 3.63) is 40.9 Å². The zero-order valence-electron chi connectivity index (χ0n) is 15.9. The quantitative estimate of drug-likeness (QED) is 0.534. The Morgan fingerprint density at radius 2 is 2.00 bits per heavy atom. The van der Waals surface area contributed by atoms with Gasteiger partial charge < -0.3 is 20.3 Å². The largest absolute Gasteiger partial charge is 0.378 e. The molecule has 2 heterocycles. The molecule has 0 atom stereocenters. The summed E-state index contributed by atoms with van der Waals surface area (Å²) in [5, 5.41) is 7.40. The second-order valence-corrected chi connectivity index (χ2v) is 7.13. The fourth-order valence-electron chi connectivity index (χ4n) is 2.56. The Morgan fingerprint density at radius 3 is 2.76 bits per heavy atom. The number of urea groups is 1. The lowest BCUT2D eigenvalue weighted by atomic mass is 10.2. The van der Waals surface area contributed by atoms with E-state index in [0.717, 1.165) is 23.8 Å². The number of rotatable bonds is 5. The number of anilines is 2. The van der Waals surface area contributed by atoms with Gasteiger partial charge in [-0.05, 0) is 24.6 Å². The van der Waals surface area contributed by atoms with Gasteiger partial charge in [-0.1, -0.05) is 12.1 Å². The first-order chi connectivity index (χ1) is 14.0. The first-order valence-corrected chi connectivity index (χ1v) is 9.88. The summed E-state index contributed by atoms with van der Waals surface area (Å²) in [5.74, 6) is -1.10. The molecule has 0 radical (unpaired) electrons. The number of carbonyl (C=O) groups is 3. The molecule has 0 aliphatic carbocycles.